The minimum Gasteiger partial charge on any atom is -0.465 e. The molecule has 0 N–H and O–H groups in total. The van der Waals surface area contributed by atoms with E-state index < -0.39 is 5.97 Å². The molecular formula is C11H13NO3. The van der Waals surface area contributed by atoms with E-state index in [1.807, 2.05) is 14.1 Å². The maximum absolute atomic E-state index is 11.4. The first-order valence-electron chi connectivity index (χ1n) is 4.45. The minimum absolute atomic E-state index is 0.395. The maximum Gasteiger partial charge on any atom is 0.339 e. The second-order valence-corrected chi connectivity index (χ2v) is 3.28. The van der Waals surface area contributed by atoms with E-state index in [2.05, 4.69) is 4.74 Å². The quantitative estimate of drug-likeness (QED) is 0.554. The van der Waals surface area contributed by atoms with E-state index in [-0.39, 0.29) is 0 Å². The second-order valence-electron chi connectivity index (χ2n) is 3.28. The Morgan fingerprint density at radius 3 is 2.53 bits per heavy atom. The summed E-state index contributed by atoms with van der Waals surface area (Å²) in [5.41, 5.74) is 1.58. The Kier molecular flexibility index (Phi) is 3.44. The Bertz CT molecular complexity index is 385. The number of anilines is 1. The number of hydrogen-bond donors (Lipinski definition) is 0. The highest BCUT2D eigenvalue weighted by Gasteiger charge is 2.13. The van der Waals surface area contributed by atoms with Gasteiger partial charge in [-0.1, -0.05) is 0 Å². The number of aldehydes is 1. The molecule has 0 saturated carbocycles. The highest BCUT2D eigenvalue weighted by molar-refractivity contribution is 5.97. The third-order valence-corrected chi connectivity index (χ3v) is 2.04. The van der Waals surface area contributed by atoms with E-state index in [0.29, 0.717) is 17.4 Å². The lowest BCUT2D eigenvalue weighted by Gasteiger charge is -2.16. The number of nitrogens with zero attached hydrogens (tertiary/aromatic N) is 1. The van der Waals surface area contributed by atoms with Gasteiger partial charge in [-0.2, -0.15) is 0 Å². The van der Waals surface area contributed by atoms with Gasteiger partial charge >= 0.3 is 5.97 Å². The van der Waals surface area contributed by atoms with Crippen LogP contribution in [-0.4, -0.2) is 33.5 Å². The number of rotatable bonds is 3. The van der Waals surface area contributed by atoms with E-state index in [9.17, 15) is 9.59 Å². The monoisotopic (exact) mass is 207 g/mol. The maximum atomic E-state index is 11.4. The van der Waals surface area contributed by atoms with Gasteiger partial charge in [0.2, 0.25) is 0 Å². The molecule has 0 atom stereocenters. The van der Waals surface area contributed by atoms with Crippen LogP contribution >= 0.6 is 0 Å². The Hall–Kier alpha value is -1.84. The molecule has 0 bridgehead atoms. The predicted molar refractivity (Wildman–Crippen MR) is 57.5 cm³/mol. The van der Waals surface area contributed by atoms with Crippen molar-refractivity contribution in [3.05, 3.63) is 29.3 Å². The first kappa shape index (κ1) is 11.2. The van der Waals surface area contributed by atoms with Gasteiger partial charge in [-0.05, 0) is 18.2 Å². The average Bonchev–Trinajstić information content (AvgIpc) is 2.26. The Morgan fingerprint density at radius 1 is 1.40 bits per heavy atom. The van der Waals surface area contributed by atoms with Crippen LogP contribution in [0.15, 0.2) is 18.2 Å². The highest BCUT2D eigenvalue weighted by Crippen LogP contribution is 2.20. The largest absolute Gasteiger partial charge is 0.465 e. The Labute approximate surface area is 88.5 Å². The number of carbonyl (C=O) groups excluding carboxylic acids is 2. The Balaban J connectivity index is 3.28. The van der Waals surface area contributed by atoms with Crippen LogP contribution in [-0.2, 0) is 4.74 Å². The van der Waals surface area contributed by atoms with Crippen LogP contribution in [0, 0.1) is 0 Å². The summed E-state index contributed by atoms with van der Waals surface area (Å²) in [7, 11) is 4.96. The summed E-state index contributed by atoms with van der Waals surface area (Å²) in [5.74, 6) is -0.442. The normalized spacial score (nSPS) is 9.53. The van der Waals surface area contributed by atoms with E-state index in [1.165, 1.54) is 13.2 Å². The lowest BCUT2D eigenvalue weighted by Crippen LogP contribution is -2.15. The van der Waals surface area contributed by atoms with Crippen molar-refractivity contribution < 1.29 is 14.3 Å². The van der Waals surface area contributed by atoms with Crippen molar-refractivity contribution in [2.45, 2.75) is 0 Å². The van der Waals surface area contributed by atoms with Gasteiger partial charge in [0.05, 0.1) is 18.4 Å². The number of hydrogen-bond acceptors (Lipinski definition) is 4. The van der Waals surface area contributed by atoms with Crippen molar-refractivity contribution in [3.63, 3.8) is 0 Å². The fourth-order valence-electron chi connectivity index (χ4n) is 1.29. The molecule has 1 aromatic rings. The summed E-state index contributed by atoms with van der Waals surface area (Å²) in [6.07, 6.45) is 0.700. The first-order valence-corrected chi connectivity index (χ1v) is 4.45. The smallest absolute Gasteiger partial charge is 0.339 e. The van der Waals surface area contributed by atoms with Gasteiger partial charge < -0.3 is 9.64 Å². The molecule has 0 saturated heterocycles. The van der Waals surface area contributed by atoms with Crippen LogP contribution in [0.25, 0.3) is 0 Å². The molecule has 4 nitrogen and oxygen atoms in total. The number of esters is 1. The van der Waals surface area contributed by atoms with Crippen LogP contribution < -0.4 is 4.90 Å². The molecule has 0 fully saturated rings. The first-order chi connectivity index (χ1) is 7.10. The van der Waals surface area contributed by atoms with Crippen molar-refractivity contribution in [1.29, 1.82) is 0 Å². The summed E-state index contributed by atoms with van der Waals surface area (Å²) in [6.45, 7) is 0. The molecule has 1 aromatic carbocycles. The lowest BCUT2D eigenvalue weighted by molar-refractivity contribution is 0.0601. The van der Waals surface area contributed by atoms with E-state index in [4.69, 9.17) is 0 Å². The molecule has 0 aliphatic rings. The number of benzene rings is 1. The van der Waals surface area contributed by atoms with Crippen molar-refractivity contribution in [1.82, 2.24) is 0 Å². The van der Waals surface area contributed by atoms with Gasteiger partial charge in [0.15, 0.2) is 0 Å². The number of carbonyl (C=O) groups is 2. The fourth-order valence-corrected chi connectivity index (χ4v) is 1.29. The zero-order valence-electron chi connectivity index (χ0n) is 8.98. The average molecular weight is 207 g/mol. The summed E-state index contributed by atoms with van der Waals surface area (Å²) >= 11 is 0. The van der Waals surface area contributed by atoms with Gasteiger partial charge in [0, 0.05) is 19.7 Å². The fraction of sp³-hybridized carbons (Fsp3) is 0.273. The summed E-state index contributed by atoms with van der Waals surface area (Å²) in [5, 5.41) is 0. The van der Waals surface area contributed by atoms with Crippen molar-refractivity contribution in [2.24, 2.45) is 0 Å². The number of methoxy groups -OCH3 is 1. The zero-order chi connectivity index (χ0) is 11.4. The molecule has 0 radical (unpaired) electrons. The molecule has 15 heavy (non-hydrogen) atoms. The van der Waals surface area contributed by atoms with E-state index in [1.54, 1.807) is 17.0 Å². The molecule has 1 rings (SSSR count). The van der Waals surface area contributed by atoms with Crippen LogP contribution in [0.4, 0.5) is 5.69 Å². The molecule has 0 amide bonds. The van der Waals surface area contributed by atoms with Crippen LogP contribution in [0.1, 0.15) is 20.7 Å². The predicted octanol–water partition coefficient (Wildman–Crippen LogP) is 1.35. The molecule has 0 unspecified atom stereocenters. The van der Waals surface area contributed by atoms with E-state index >= 15 is 0 Å². The number of ether oxygens (including phenoxy) is 1. The lowest BCUT2D eigenvalue weighted by atomic mass is 10.1. The second kappa shape index (κ2) is 4.59. The summed E-state index contributed by atoms with van der Waals surface area (Å²) < 4.78 is 4.65. The van der Waals surface area contributed by atoms with Crippen molar-refractivity contribution >= 4 is 17.9 Å². The molecule has 80 valence electrons. The highest BCUT2D eigenvalue weighted by atomic mass is 16.5. The van der Waals surface area contributed by atoms with Crippen molar-refractivity contribution in [3.8, 4) is 0 Å². The molecule has 0 aliphatic heterocycles. The standard InChI is InChI=1S/C11H13NO3/c1-12(2)10-5-4-8(7-13)6-9(10)11(14)15-3/h4-7H,1-3H3. The van der Waals surface area contributed by atoms with Crippen LogP contribution in [0.5, 0.6) is 0 Å². The van der Waals surface area contributed by atoms with E-state index in [0.717, 1.165) is 5.69 Å². The third kappa shape index (κ3) is 2.34. The zero-order valence-corrected chi connectivity index (χ0v) is 8.98. The molecular weight excluding hydrogens is 194 g/mol. The van der Waals surface area contributed by atoms with Gasteiger partial charge in [0.25, 0.3) is 0 Å². The molecule has 0 aromatic heterocycles. The minimum atomic E-state index is -0.442. The van der Waals surface area contributed by atoms with Crippen LogP contribution in [0.2, 0.25) is 0 Å². The topological polar surface area (TPSA) is 46.6 Å². The summed E-state index contributed by atoms with van der Waals surface area (Å²) in [4.78, 5) is 23.8. The molecule has 0 aliphatic carbocycles. The van der Waals surface area contributed by atoms with Gasteiger partial charge in [-0.25, -0.2) is 4.79 Å². The van der Waals surface area contributed by atoms with Gasteiger partial charge in [-0.15, -0.1) is 0 Å². The molecule has 0 heterocycles. The third-order valence-electron chi connectivity index (χ3n) is 2.04. The van der Waals surface area contributed by atoms with Crippen LogP contribution in [0.3, 0.4) is 0 Å². The van der Waals surface area contributed by atoms with Crippen molar-refractivity contribution in [2.75, 3.05) is 26.1 Å². The SMILES string of the molecule is COC(=O)c1cc(C=O)ccc1N(C)C. The molecule has 0 spiro atoms. The van der Waals surface area contributed by atoms with Gasteiger partial charge in [-0.3, -0.25) is 4.79 Å². The van der Waals surface area contributed by atoms with Gasteiger partial charge in [0.1, 0.15) is 6.29 Å². The summed E-state index contributed by atoms with van der Waals surface area (Å²) in [6, 6.07) is 4.90. The Morgan fingerprint density at radius 2 is 2.07 bits per heavy atom. The molecule has 4 heteroatoms.